The minimum atomic E-state index is -2.90. The van der Waals surface area contributed by atoms with Gasteiger partial charge in [0.15, 0.2) is 0 Å². The van der Waals surface area contributed by atoms with Crippen molar-refractivity contribution in [3.63, 3.8) is 0 Å². The maximum Gasteiger partial charge on any atom is 0.387 e. The average Bonchev–Trinajstić information content (AvgIpc) is 2.46. The average molecular weight is 285 g/mol. The summed E-state index contributed by atoms with van der Waals surface area (Å²) in [5, 5.41) is 0. The topological polar surface area (TPSA) is 38.8 Å². The Morgan fingerprint density at radius 3 is 3.05 bits per heavy atom. The lowest BCUT2D eigenvalue weighted by molar-refractivity contribution is -0.0499. The van der Waals surface area contributed by atoms with Gasteiger partial charge in [-0.05, 0) is 24.6 Å². The summed E-state index contributed by atoms with van der Waals surface area (Å²) >= 11 is 0. The largest absolute Gasteiger partial charge is 0.435 e. The fourth-order valence-electron chi connectivity index (χ4n) is 2.14. The summed E-state index contributed by atoms with van der Waals surface area (Å²) in [6, 6.07) is 5.86. The minimum absolute atomic E-state index is 0.00819. The number of amides is 1. The Morgan fingerprint density at radius 2 is 2.35 bits per heavy atom. The monoisotopic (exact) mass is 285 g/mol. The molecule has 1 fully saturated rings. The normalized spacial score (nSPS) is 19.2. The highest BCUT2D eigenvalue weighted by Gasteiger charge is 2.24. The molecule has 1 heterocycles. The van der Waals surface area contributed by atoms with Crippen LogP contribution in [0.15, 0.2) is 24.3 Å². The molecule has 4 nitrogen and oxygen atoms in total. The minimum Gasteiger partial charge on any atom is -0.435 e. The first kappa shape index (κ1) is 14.7. The molecule has 0 unspecified atom stereocenters. The summed E-state index contributed by atoms with van der Waals surface area (Å²) in [5.74, 6) is -0.197. The van der Waals surface area contributed by atoms with Gasteiger partial charge in [-0.2, -0.15) is 8.78 Å². The van der Waals surface area contributed by atoms with Crippen molar-refractivity contribution in [1.29, 1.82) is 0 Å². The van der Waals surface area contributed by atoms with Crippen molar-refractivity contribution in [3.8, 4) is 5.75 Å². The molecule has 0 aliphatic carbocycles. The molecule has 1 aromatic rings. The zero-order valence-corrected chi connectivity index (χ0v) is 11.2. The number of rotatable bonds is 4. The van der Waals surface area contributed by atoms with E-state index in [-0.39, 0.29) is 17.8 Å². The van der Waals surface area contributed by atoms with Crippen LogP contribution in [0.1, 0.15) is 23.7 Å². The van der Waals surface area contributed by atoms with E-state index < -0.39 is 6.61 Å². The van der Waals surface area contributed by atoms with Gasteiger partial charge in [0.25, 0.3) is 5.91 Å². The van der Waals surface area contributed by atoms with Crippen LogP contribution in [0.5, 0.6) is 5.75 Å². The number of ether oxygens (including phenoxy) is 2. The first-order valence-corrected chi connectivity index (χ1v) is 6.56. The summed E-state index contributed by atoms with van der Waals surface area (Å²) in [5.41, 5.74) is 0.347. The third kappa shape index (κ3) is 3.66. The van der Waals surface area contributed by atoms with Gasteiger partial charge in [-0.15, -0.1) is 0 Å². The summed E-state index contributed by atoms with van der Waals surface area (Å²) < 4.78 is 34.1. The van der Waals surface area contributed by atoms with Crippen LogP contribution in [0, 0.1) is 0 Å². The number of morpholine rings is 1. The van der Waals surface area contributed by atoms with E-state index in [2.05, 4.69) is 4.74 Å². The van der Waals surface area contributed by atoms with Crippen molar-refractivity contribution in [1.82, 2.24) is 4.90 Å². The molecule has 1 atom stereocenters. The van der Waals surface area contributed by atoms with Crippen LogP contribution in [0.2, 0.25) is 0 Å². The number of alkyl halides is 2. The summed E-state index contributed by atoms with van der Waals surface area (Å²) in [4.78, 5) is 14.0. The Morgan fingerprint density at radius 1 is 1.55 bits per heavy atom. The van der Waals surface area contributed by atoms with Crippen molar-refractivity contribution < 1.29 is 23.0 Å². The molecule has 0 radical (unpaired) electrons. The maximum atomic E-state index is 12.3. The molecule has 20 heavy (non-hydrogen) atoms. The molecule has 0 spiro atoms. The highest BCUT2D eigenvalue weighted by Crippen LogP contribution is 2.18. The lowest BCUT2D eigenvalue weighted by Crippen LogP contribution is -2.45. The fourth-order valence-corrected chi connectivity index (χ4v) is 2.14. The van der Waals surface area contributed by atoms with Crippen LogP contribution < -0.4 is 4.74 Å². The van der Waals surface area contributed by atoms with Crippen LogP contribution in [0.4, 0.5) is 8.78 Å². The third-order valence-electron chi connectivity index (χ3n) is 3.19. The quantitative estimate of drug-likeness (QED) is 0.853. The number of hydrogen-bond acceptors (Lipinski definition) is 3. The van der Waals surface area contributed by atoms with Crippen molar-refractivity contribution in [2.24, 2.45) is 0 Å². The van der Waals surface area contributed by atoms with Gasteiger partial charge >= 0.3 is 6.61 Å². The zero-order chi connectivity index (χ0) is 14.5. The Bertz CT molecular complexity index is 467. The molecule has 1 aliphatic heterocycles. The molecule has 1 aliphatic rings. The second-order valence-corrected chi connectivity index (χ2v) is 4.56. The number of hydrogen-bond donors (Lipinski definition) is 0. The van der Waals surface area contributed by atoms with E-state index in [1.54, 1.807) is 11.0 Å². The van der Waals surface area contributed by atoms with Crippen LogP contribution in [-0.4, -0.2) is 43.2 Å². The second-order valence-electron chi connectivity index (χ2n) is 4.56. The molecule has 1 aromatic carbocycles. The summed E-state index contributed by atoms with van der Waals surface area (Å²) in [6.45, 7) is 0.630. The first-order chi connectivity index (χ1) is 9.60. The lowest BCUT2D eigenvalue weighted by atomic mass is 10.1. The third-order valence-corrected chi connectivity index (χ3v) is 3.19. The summed E-state index contributed by atoms with van der Waals surface area (Å²) in [6.07, 6.45) is 0.867. The predicted molar refractivity (Wildman–Crippen MR) is 69.0 cm³/mol. The number of nitrogens with zero attached hydrogens (tertiary/aromatic N) is 1. The molecule has 1 saturated heterocycles. The first-order valence-electron chi connectivity index (χ1n) is 6.56. The molecule has 2 rings (SSSR count). The van der Waals surface area contributed by atoms with Crippen LogP contribution >= 0.6 is 0 Å². The number of halogens is 2. The van der Waals surface area contributed by atoms with Crippen LogP contribution in [-0.2, 0) is 4.74 Å². The lowest BCUT2D eigenvalue weighted by Gasteiger charge is -2.32. The fraction of sp³-hybridized carbons (Fsp3) is 0.500. The van der Waals surface area contributed by atoms with Gasteiger partial charge in [-0.25, -0.2) is 0 Å². The molecular weight excluding hydrogens is 268 g/mol. The van der Waals surface area contributed by atoms with Gasteiger partial charge in [0.1, 0.15) is 5.75 Å². The number of carbonyl (C=O) groups is 1. The molecule has 0 N–H and O–H groups in total. The molecule has 0 saturated carbocycles. The maximum absolute atomic E-state index is 12.3. The Balaban J connectivity index is 2.08. The van der Waals surface area contributed by atoms with E-state index in [0.717, 1.165) is 6.42 Å². The van der Waals surface area contributed by atoms with Gasteiger partial charge in [0, 0.05) is 18.7 Å². The van der Waals surface area contributed by atoms with Crippen molar-refractivity contribution in [2.75, 3.05) is 19.7 Å². The Hall–Kier alpha value is -1.69. The van der Waals surface area contributed by atoms with E-state index in [0.29, 0.717) is 25.3 Å². The molecule has 1 amide bonds. The second kappa shape index (κ2) is 6.65. The zero-order valence-electron chi connectivity index (χ0n) is 11.2. The predicted octanol–water partition coefficient (Wildman–Crippen LogP) is 2.54. The molecule has 110 valence electrons. The van der Waals surface area contributed by atoms with Crippen molar-refractivity contribution >= 4 is 5.91 Å². The van der Waals surface area contributed by atoms with Crippen molar-refractivity contribution in [3.05, 3.63) is 29.8 Å². The standard InChI is InChI=1S/C14H17F2NO3/c1-2-11-9-17(6-7-19-11)13(18)10-4-3-5-12(8-10)20-14(15)16/h3-5,8,11,14H,2,6-7,9H2,1H3/t11-/m1/s1. The highest BCUT2D eigenvalue weighted by molar-refractivity contribution is 5.94. The number of benzene rings is 1. The van der Waals surface area contributed by atoms with Gasteiger partial charge in [-0.3, -0.25) is 4.79 Å². The summed E-state index contributed by atoms with van der Waals surface area (Å²) in [7, 11) is 0. The van der Waals surface area contributed by atoms with Gasteiger partial charge in [0.2, 0.25) is 0 Å². The van der Waals surface area contributed by atoms with E-state index in [4.69, 9.17) is 4.74 Å². The van der Waals surface area contributed by atoms with Gasteiger partial charge < -0.3 is 14.4 Å². The van der Waals surface area contributed by atoms with Gasteiger partial charge in [0.05, 0.1) is 12.7 Å². The van der Waals surface area contributed by atoms with E-state index in [1.807, 2.05) is 6.92 Å². The SMILES string of the molecule is CC[C@@H]1CN(C(=O)c2cccc(OC(F)F)c2)CCO1. The smallest absolute Gasteiger partial charge is 0.387 e. The van der Waals surface area contributed by atoms with Crippen LogP contribution in [0.25, 0.3) is 0 Å². The number of carbonyl (C=O) groups excluding carboxylic acids is 1. The molecular formula is C14H17F2NO3. The highest BCUT2D eigenvalue weighted by atomic mass is 19.3. The molecule has 0 bridgehead atoms. The Labute approximate surface area is 116 Å². The van der Waals surface area contributed by atoms with E-state index in [1.165, 1.54) is 18.2 Å². The van der Waals surface area contributed by atoms with Gasteiger partial charge in [-0.1, -0.05) is 13.0 Å². The van der Waals surface area contributed by atoms with E-state index in [9.17, 15) is 13.6 Å². The van der Waals surface area contributed by atoms with Crippen LogP contribution in [0.3, 0.4) is 0 Å². The Kier molecular flexibility index (Phi) is 4.89. The molecule has 0 aromatic heterocycles. The van der Waals surface area contributed by atoms with E-state index >= 15 is 0 Å². The van der Waals surface area contributed by atoms with Crippen molar-refractivity contribution in [2.45, 2.75) is 26.1 Å². The molecule has 6 heteroatoms.